The normalized spacial score (nSPS) is 10.5. The highest BCUT2D eigenvalue weighted by molar-refractivity contribution is 5.93. The second kappa shape index (κ2) is 4.36. The quantitative estimate of drug-likeness (QED) is 0.729. The van der Waals surface area contributed by atoms with E-state index in [9.17, 15) is 14.0 Å². The number of amides is 1. The molecule has 15 heavy (non-hydrogen) atoms. The summed E-state index contributed by atoms with van der Waals surface area (Å²) in [6.45, 7) is 0. The van der Waals surface area contributed by atoms with Gasteiger partial charge in [0.25, 0.3) is 0 Å². The van der Waals surface area contributed by atoms with E-state index in [1.165, 1.54) is 12.1 Å². The lowest BCUT2D eigenvalue weighted by molar-refractivity contribution is -0.131. The van der Waals surface area contributed by atoms with Crippen molar-refractivity contribution in [2.24, 2.45) is 5.73 Å². The molecule has 0 atom stereocenters. The fourth-order valence-electron chi connectivity index (χ4n) is 0.977. The summed E-state index contributed by atoms with van der Waals surface area (Å²) < 4.78 is 13.2. The molecule has 1 aromatic rings. The minimum atomic E-state index is -1.17. The van der Waals surface area contributed by atoms with Gasteiger partial charge in [-0.3, -0.25) is 4.79 Å². The average Bonchev–Trinajstić information content (AvgIpc) is 2.15. The predicted octanol–water partition coefficient (Wildman–Crippen LogP) is 1.02. The van der Waals surface area contributed by atoms with Crippen molar-refractivity contribution in [1.82, 2.24) is 0 Å². The summed E-state index contributed by atoms with van der Waals surface area (Å²) in [5.41, 5.74) is 5.06. The number of carboxylic acid groups (broad SMARTS) is 1. The molecule has 0 heterocycles. The van der Waals surface area contributed by atoms with Crippen LogP contribution in [0, 0.1) is 5.82 Å². The summed E-state index contributed by atoms with van der Waals surface area (Å²) in [6, 6.07) is 3.58. The van der Waals surface area contributed by atoms with E-state index in [4.69, 9.17) is 10.8 Å². The van der Waals surface area contributed by atoms with E-state index in [1.54, 1.807) is 0 Å². The molecule has 5 heteroatoms. The van der Waals surface area contributed by atoms with E-state index in [1.807, 2.05) is 0 Å². The van der Waals surface area contributed by atoms with Crippen LogP contribution in [0.25, 0.3) is 6.08 Å². The summed E-state index contributed by atoms with van der Waals surface area (Å²) in [6.07, 6.45) is 1.91. The SMILES string of the molecule is NC(=O)c1ccc(C=CC(=O)O)c(F)c1. The zero-order chi connectivity index (χ0) is 11.4. The number of primary amides is 1. The maximum Gasteiger partial charge on any atom is 0.328 e. The molecule has 0 aliphatic carbocycles. The van der Waals surface area contributed by atoms with Gasteiger partial charge in [0.1, 0.15) is 5.82 Å². The van der Waals surface area contributed by atoms with Crippen molar-refractivity contribution in [2.45, 2.75) is 0 Å². The number of carbonyl (C=O) groups is 2. The van der Waals surface area contributed by atoms with E-state index < -0.39 is 17.7 Å². The molecule has 3 N–H and O–H groups in total. The van der Waals surface area contributed by atoms with Gasteiger partial charge >= 0.3 is 5.97 Å². The molecule has 0 aliphatic heterocycles. The van der Waals surface area contributed by atoms with Crippen molar-refractivity contribution in [3.8, 4) is 0 Å². The minimum Gasteiger partial charge on any atom is -0.478 e. The summed E-state index contributed by atoms with van der Waals surface area (Å²) in [7, 11) is 0. The summed E-state index contributed by atoms with van der Waals surface area (Å²) >= 11 is 0. The van der Waals surface area contributed by atoms with E-state index in [-0.39, 0.29) is 11.1 Å². The largest absolute Gasteiger partial charge is 0.478 e. The van der Waals surface area contributed by atoms with Crippen molar-refractivity contribution < 1.29 is 19.1 Å². The molecule has 0 fully saturated rings. The van der Waals surface area contributed by atoms with Crippen LogP contribution in [0.1, 0.15) is 15.9 Å². The Bertz CT molecular complexity index is 440. The van der Waals surface area contributed by atoms with Gasteiger partial charge in [-0.2, -0.15) is 0 Å². The molecule has 0 aliphatic rings. The number of carbonyl (C=O) groups excluding carboxylic acids is 1. The maximum absolute atomic E-state index is 13.2. The first-order valence-electron chi connectivity index (χ1n) is 4.01. The second-order valence-electron chi connectivity index (χ2n) is 2.77. The minimum absolute atomic E-state index is 0.0416. The van der Waals surface area contributed by atoms with Crippen LogP contribution in [-0.2, 0) is 4.79 Å². The lowest BCUT2D eigenvalue weighted by Crippen LogP contribution is -2.11. The van der Waals surface area contributed by atoms with E-state index >= 15 is 0 Å². The Balaban J connectivity index is 3.03. The Morgan fingerprint density at radius 1 is 1.40 bits per heavy atom. The van der Waals surface area contributed by atoms with Crippen molar-refractivity contribution in [2.75, 3.05) is 0 Å². The third-order valence-electron chi connectivity index (χ3n) is 1.69. The molecule has 0 saturated carbocycles. The van der Waals surface area contributed by atoms with E-state index in [0.29, 0.717) is 0 Å². The number of hydrogen-bond donors (Lipinski definition) is 2. The van der Waals surface area contributed by atoms with Gasteiger partial charge in [0, 0.05) is 17.2 Å². The fourth-order valence-corrected chi connectivity index (χ4v) is 0.977. The highest BCUT2D eigenvalue weighted by Crippen LogP contribution is 2.11. The Morgan fingerprint density at radius 3 is 2.53 bits per heavy atom. The molecule has 0 spiro atoms. The molecule has 0 bridgehead atoms. The van der Waals surface area contributed by atoms with Crippen LogP contribution >= 0.6 is 0 Å². The van der Waals surface area contributed by atoms with Gasteiger partial charge in [0.15, 0.2) is 0 Å². The number of hydrogen-bond acceptors (Lipinski definition) is 2. The van der Waals surface area contributed by atoms with Crippen LogP contribution in [0.15, 0.2) is 24.3 Å². The van der Waals surface area contributed by atoms with Crippen molar-refractivity contribution >= 4 is 18.0 Å². The van der Waals surface area contributed by atoms with Gasteiger partial charge in [-0.1, -0.05) is 6.07 Å². The van der Waals surface area contributed by atoms with Gasteiger partial charge in [0.05, 0.1) is 0 Å². The highest BCUT2D eigenvalue weighted by Gasteiger charge is 2.04. The molecule has 0 unspecified atom stereocenters. The number of carboxylic acids is 1. The predicted molar refractivity (Wildman–Crippen MR) is 51.6 cm³/mol. The lowest BCUT2D eigenvalue weighted by atomic mass is 10.1. The smallest absolute Gasteiger partial charge is 0.328 e. The van der Waals surface area contributed by atoms with E-state index in [2.05, 4.69) is 0 Å². The van der Waals surface area contributed by atoms with Gasteiger partial charge in [0.2, 0.25) is 5.91 Å². The zero-order valence-corrected chi connectivity index (χ0v) is 7.61. The summed E-state index contributed by atoms with van der Waals surface area (Å²) in [5.74, 6) is -2.60. The molecule has 4 nitrogen and oxygen atoms in total. The second-order valence-corrected chi connectivity index (χ2v) is 2.77. The third kappa shape index (κ3) is 2.91. The molecule has 78 valence electrons. The Morgan fingerprint density at radius 2 is 2.07 bits per heavy atom. The van der Waals surface area contributed by atoms with Gasteiger partial charge in [-0.25, -0.2) is 9.18 Å². The number of aliphatic carboxylic acids is 1. The standard InChI is InChI=1S/C10H8FNO3/c11-8-5-7(10(12)15)2-1-6(8)3-4-9(13)14/h1-5H,(H2,12,15)(H,13,14). The van der Waals surface area contributed by atoms with Crippen LogP contribution in [0.4, 0.5) is 4.39 Å². The average molecular weight is 209 g/mol. The van der Waals surface area contributed by atoms with E-state index in [0.717, 1.165) is 18.2 Å². The molecule has 1 amide bonds. The summed E-state index contributed by atoms with van der Waals surface area (Å²) in [5, 5.41) is 8.33. The Hall–Kier alpha value is -2.17. The maximum atomic E-state index is 13.2. The number of rotatable bonds is 3. The molecule has 0 saturated heterocycles. The summed E-state index contributed by atoms with van der Waals surface area (Å²) in [4.78, 5) is 20.8. The first kappa shape index (κ1) is 10.9. The van der Waals surface area contributed by atoms with Crippen LogP contribution in [-0.4, -0.2) is 17.0 Å². The van der Waals surface area contributed by atoms with Gasteiger partial charge in [-0.15, -0.1) is 0 Å². The zero-order valence-electron chi connectivity index (χ0n) is 7.61. The first-order valence-corrected chi connectivity index (χ1v) is 4.01. The van der Waals surface area contributed by atoms with Gasteiger partial charge in [-0.05, 0) is 18.2 Å². The number of nitrogens with two attached hydrogens (primary N) is 1. The molecule has 1 aromatic carbocycles. The number of halogens is 1. The third-order valence-corrected chi connectivity index (χ3v) is 1.69. The molecular formula is C10H8FNO3. The van der Waals surface area contributed by atoms with Crippen molar-refractivity contribution in [3.05, 3.63) is 41.2 Å². The first-order chi connectivity index (χ1) is 7.00. The van der Waals surface area contributed by atoms with Crippen LogP contribution in [0.2, 0.25) is 0 Å². The monoisotopic (exact) mass is 209 g/mol. The van der Waals surface area contributed by atoms with Crippen molar-refractivity contribution in [3.63, 3.8) is 0 Å². The molecular weight excluding hydrogens is 201 g/mol. The topological polar surface area (TPSA) is 80.4 Å². The van der Waals surface area contributed by atoms with Gasteiger partial charge < -0.3 is 10.8 Å². The van der Waals surface area contributed by atoms with Crippen LogP contribution in [0.3, 0.4) is 0 Å². The molecule has 1 rings (SSSR count). The Kier molecular flexibility index (Phi) is 3.17. The molecule has 0 aromatic heterocycles. The Labute approximate surface area is 84.8 Å². The lowest BCUT2D eigenvalue weighted by Gasteiger charge is -1.98. The highest BCUT2D eigenvalue weighted by atomic mass is 19.1. The van der Waals surface area contributed by atoms with Crippen LogP contribution in [0.5, 0.6) is 0 Å². The van der Waals surface area contributed by atoms with Crippen molar-refractivity contribution in [1.29, 1.82) is 0 Å². The molecule has 0 radical (unpaired) electrons. The fraction of sp³-hybridized carbons (Fsp3) is 0. The van der Waals surface area contributed by atoms with Crippen LogP contribution < -0.4 is 5.73 Å². The number of benzene rings is 1.